The standard InChI is InChI=1S/C19H15N7O3/c20-24-14(12-8-4-5-9-13(12)19(27)28)15-16(21-10-11-6-2-1-3-7-11)23-18-17(22-15)25-29-26-18/h1-9H,10,20H2,(H,27,28)(H,21,23,26)/b24-14+. The molecule has 0 aliphatic carbocycles. The molecule has 0 spiro atoms. The van der Waals surface area contributed by atoms with Gasteiger partial charge in [0, 0.05) is 12.1 Å². The Bertz CT molecular complexity index is 1200. The van der Waals surface area contributed by atoms with Gasteiger partial charge in [-0.15, -0.1) is 0 Å². The van der Waals surface area contributed by atoms with Crippen LogP contribution in [0.5, 0.6) is 0 Å². The van der Waals surface area contributed by atoms with Crippen LogP contribution in [0.3, 0.4) is 0 Å². The minimum Gasteiger partial charge on any atom is -0.478 e. The second kappa shape index (κ2) is 7.72. The van der Waals surface area contributed by atoms with Crippen molar-refractivity contribution >= 4 is 28.8 Å². The second-order valence-electron chi connectivity index (χ2n) is 6.00. The summed E-state index contributed by atoms with van der Waals surface area (Å²) in [7, 11) is 0. The summed E-state index contributed by atoms with van der Waals surface area (Å²) >= 11 is 0. The first-order valence-electron chi connectivity index (χ1n) is 8.56. The molecule has 0 unspecified atom stereocenters. The zero-order valence-electron chi connectivity index (χ0n) is 15.0. The molecule has 0 bridgehead atoms. The highest BCUT2D eigenvalue weighted by molar-refractivity contribution is 6.18. The van der Waals surface area contributed by atoms with Crippen molar-refractivity contribution in [2.24, 2.45) is 10.9 Å². The molecule has 0 aliphatic rings. The van der Waals surface area contributed by atoms with Gasteiger partial charge in [0.15, 0.2) is 5.82 Å². The highest BCUT2D eigenvalue weighted by atomic mass is 16.6. The number of carboxylic acids is 1. The summed E-state index contributed by atoms with van der Waals surface area (Å²) in [6.07, 6.45) is 0. The molecule has 2 aromatic carbocycles. The van der Waals surface area contributed by atoms with Crippen molar-refractivity contribution < 1.29 is 14.5 Å². The predicted octanol–water partition coefficient (Wildman–Crippen LogP) is 2.03. The maximum Gasteiger partial charge on any atom is 0.336 e. The quantitative estimate of drug-likeness (QED) is 0.255. The average molecular weight is 389 g/mol. The molecule has 2 aromatic heterocycles. The van der Waals surface area contributed by atoms with Crippen LogP contribution in [0.15, 0.2) is 64.3 Å². The molecule has 4 N–H and O–H groups in total. The second-order valence-corrected chi connectivity index (χ2v) is 6.00. The number of hydrogen-bond acceptors (Lipinski definition) is 9. The third-order valence-electron chi connectivity index (χ3n) is 4.18. The number of anilines is 1. The Hall–Kier alpha value is -4.34. The zero-order chi connectivity index (χ0) is 20.2. The van der Waals surface area contributed by atoms with Crippen LogP contribution in [-0.2, 0) is 6.54 Å². The molecule has 4 aromatic rings. The van der Waals surface area contributed by atoms with E-state index in [9.17, 15) is 9.90 Å². The molecule has 10 heteroatoms. The van der Waals surface area contributed by atoms with E-state index in [1.165, 1.54) is 6.07 Å². The van der Waals surface area contributed by atoms with Gasteiger partial charge in [-0.2, -0.15) is 5.10 Å². The van der Waals surface area contributed by atoms with Gasteiger partial charge >= 0.3 is 5.97 Å². The lowest BCUT2D eigenvalue weighted by molar-refractivity contribution is 0.0696. The van der Waals surface area contributed by atoms with Gasteiger partial charge < -0.3 is 16.3 Å². The molecule has 0 saturated carbocycles. The Morgan fingerprint density at radius 2 is 1.66 bits per heavy atom. The van der Waals surface area contributed by atoms with Crippen LogP contribution in [0.2, 0.25) is 0 Å². The minimum atomic E-state index is -1.11. The third-order valence-corrected chi connectivity index (χ3v) is 4.18. The monoisotopic (exact) mass is 389 g/mol. The Balaban J connectivity index is 1.82. The van der Waals surface area contributed by atoms with Crippen LogP contribution < -0.4 is 11.2 Å². The van der Waals surface area contributed by atoms with E-state index in [2.05, 4.69) is 30.7 Å². The number of nitrogens with two attached hydrogens (primary N) is 1. The number of hydrazone groups is 1. The molecular weight excluding hydrogens is 374 g/mol. The van der Waals surface area contributed by atoms with Crippen LogP contribution in [0, 0.1) is 0 Å². The molecule has 0 radical (unpaired) electrons. The number of nitrogens with one attached hydrogen (secondary N) is 1. The van der Waals surface area contributed by atoms with Gasteiger partial charge in [-0.1, -0.05) is 48.5 Å². The lowest BCUT2D eigenvalue weighted by Crippen LogP contribution is -2.17. The van der Waals surface area contributed by atoms with Crippen molar-refractivity contribution in [3.8, 4) is 0 Å². The van der Waals surface area contributed by atoms with E-state index >= 15 is 0 Å². The van der Waals surface area contributed by atoms with Gasteiger partial charge in [0.1, 0.15) is 11.4 Å². The molecule has 0 aliphatic heterocycles. The first-order chi connectivity index (χ1) is 14.2. The SMILES string of the molecule is N/N=C(\c1ccccc1C(=O)O)c1nc2nonc2nc1NCc1ccccc1. The molecule has 144 valence electrons. The summed E-state index contributed by atoms with van der Waals surface area (Å²) in [6, 6.07) is 16.0. The Morgan fingerprint density at radius 1 is 1.00 bits per heavy atom. The maximum absolute atomic E-state index is 11.7. The minimum absolute atomic E-state index is 0.0332. The molecule has 0 fully saturated rings. The molecule has 10 nitrogen and oxygen atoms in total. The number of aromatic carboxylic acids is 1. The summed E-state index contributed by atoms with van der Waals surface area (Å²) in [5.41, 5.74) is 2.08. The third kappa shape index (κ3) is 3.58. The van der Waals surface area contributed by atoms with Crippen molar-refractivity contribution in [3.05, 3.63) is 77.0 Å². The number of nitrogens with zero attached hydrogens (tertiary/aromatic N) is 5. The van der Waals surface area contributed by atoms with Crippen LogP contribution in [-0.4, -0.2) is 37.1 Å². The fourth-order valence-electron chi connectivity index (χ4n) is 2.84. The summed E-state index contributed by atoms with van der Waals surface area (Å²) in [5.74, 6) is 4.85. The molecule has 29 heavy (non-hydrogen) atoms. The summed E-state index contributed by atoms with van der Waals surface area (Å²) in [6.45, 7) is 0.442. The van der Waals surface area contributed by atoms with E-state index in [-0.39, 0.29) is 28.3 Å². The lowest BCUT2D eigenvalue weighted by Gasteiger charge is -2.13. The van der Waals surface area contributed by atoms with Crippen LogP contribution >= 0.6 is 0 Å². The highest BCUT2D eigenvalue weighted by Crippen LogP contribution is 2.22. The number of benzene rings is 2. The molecule has 2 heterocycles. The van der Waals surface area contributed by atoms with Gasteiger partial charge in [-0.25, -0.2) is 19.4 Å². The number of rotatable bonds is 6. The predicted molar refractivity (Wildman–Crippen MR) is 104 cm³/mol. The molecular formula is C19H15N7O3. The maximum atomic E-state index is 11.7. The number of fused-ring (bicyclic) bond motifs is 1. The molecule has 0 atom stereocenters. The van der Waals surface area contributed by atoms with Gasteiger partial charge in [0.2, 0.25) is 11.3 Å². The van der Waals surface area contributed by atoms with Gasteiger partial charge in [-0.05, 0) is 21.9 Å². The van der Waals surface area contributed by atoms with E-state index < -0.39 is 5.97 Å². The first-order valence-corrected chi connectivity index (χ1v) is 8.56. The molecule has 0 amide bonds. The van der Waals surface area contributed by atoms with Crippen molar-refractivity contribution in [2.45, 2.75) is 6.54 Å². The fraction of sp³-hybridized carbons (Fsp3) is 0.0526. The largest absolute Gasteiger partial charge is 0.478 e. The number of carboxylic acid groups (broad SMARTS) is 1. The van der Waals surface area contributed by atoms with Crippen LogP contribution in [0.1, 0.15) is 27.2 Å². The topological polar surface area (TPSA) is 152 Å². The number of aromatic nitrogens is 4. The van der Waals surface area contributed by atoms with Gasteiger partial charge in [0.25, 0.3) is 0 Å². The Labute approximate surface area is 164 Å². The van der Waals surface area contributed by atoms with Crippen LogP contribution in [0.4, 0.5) is 5.82 Å². The lowest BCUT2D eigenvalue weighted by atomic mass is 10.0. The van der Waals surface area contributed by atoms with Crippen molar-refractivity contribution in [3.63, 3.8) is 0 Å². The molecule has 4 rings (SSSR count). The highest BCUT2D eigenvalue weighted by Gasteiger charge is 2.22. The van der Waals surface area contributed by atoms with E-state index in [4.69, 9.17) is 10.5 Å². The molecule has 0 saturated heterocycles. The number of hydrogen-bond donors (Lipinski definition) is 3. The summed E-state index contributed by atoms with van der Waals surface area (Å²) < 4.78 is 4.70. The van der Waals surface area contributed by atoms with E-state index in [1.54, 1.807) is 18.2 Å². The van der Waals surface area contributed by atoms with Crippen LogP contribution in [0.25, 0.3) is 11.3 Å². The summed E-state index contributed by atoms with van der Waals surface area (Å²) in [4.78, 5) is 20.4. The van der Waals surface area contributed by atoms with Crippen molar-refractivity contribution in [1.82, 2.24) is 20.3 Å². The normalized spacial score (nSPS) is 11.5. The Kier molecular flexibility index (Phi) is 4.81. The number of carbonyl (C=O) groups is 1. The zero-order valence-corrected chi connectivity index (χ0v) is 15.0. The summed E-state index contributed by atoms with van der Waals surface area (Å²) in [5, 5.41) is 23.9. The van der Waals surface area contributed by atoms with Gasteiger partial charge in [0.05, 0.1) is 5.56 Å². The average Bonchev–Trinajstić information content (AvgIpc) is 3.21. The van der Waals surface area contributed by atoms with E-state index in [1.807, 2.05) is 30.3 Å². The Morgan fingerprint density at radius 3 is 2.34 bits per heavy atom. The van der Waals surface area contributed by atoms with Gasteiger partial charge in [-0.3, -0.25) is 0 Å². The first kappa shape index (κ1) is 18.0. The fourth-order valence-corrected chi connectivity index (χ4v) is 2.84. The smallest absolute Gasteiger partial charge is 0.336 e. The van der Waals surface area contributed by atoms with E-state index in [0.717, 1.165) is 5.56 Å². The van der Waals surface area contributed by atoms with E-state index in [0.29, 0.717) is 17.9 Å². The van der Waals surface area contributed by atoms with Crippen molar-refractivity contribution in [2.75, 3.05) is 5.32 Å². The van der Waals surface area contributed by atoms with Crippen molar-refractivity contribution in [1.29, 1.82) is 0 Å².